The van der Waals surface area contributed by atoms with Gasteiger partial charge in [0, 0.05) is 32.1 Å². The number of rotatable bonds is 5. The SMILES string of the molecule is CC(=O)NC1(c2ccccc2F)CCN(C[C@@H](O)c2ccc(C)cc2)CC1. The summed E-state index contributed by atoms with van der Waals surface area (Å²) in [6, 6.07) is 14.5. The maximum absolute atomic E-state index is 14.4. The summed E-state index contributed by atoms with van der Waals surface area (Å²) in [5, 5.41) is 13.5. The number of β-amino-alcohol motifs (C(OH)–C–C–N with tert-alkyl or cyclic N) is 1. The van der Waals surface area contributed by atoms with E-state index < -0.39 is 11.6 Å². The summed E-state index contributed by atoms with van der Waals surface area (Å²) >= 11 is 0. The molecule has 144 valence electrons. The quantitative estimate of drug-likeness (QED) is 0.849. The second kappa shape index (κ2) is 8.19. The zero-order chi connectivity index (χ0) is 19.4. The molecule has 3 rings (SSSR count). The fraction of sp³-hybridized carbons (Fsp3) is 0.409. The van der Waals surface area contributed by atoms with Gasteiger partial charge in [0.25, 0.3) is 0 Å². The van der Waals surface area contributed by atoms with E-state index in [0.717, 1.165) is 11.1 Å². The molecule has 2 aromatic rings. The predicted molar refractivity (Wildman–Crippen MR) is 104 cm³/mol. The highest BCUT2D eigenvalue weighted by molar-refractivity contribution is 5.74. The number of nitrogens with one attached hydrogen (secondary N) is 1. The van der Waals surface area contributed by atoms with Crippen molar-refractivity contribution in [3.63, 3.8) is 0 Å². The lowest BCUT2D eigenvalue weighted by molar-refractivity contribution is -0.121. The number of halogens is 1. The molecule has 0 spiro atoms. The molecule has 1 amide bonds. The number of hydrogen-bond donors (Lipinski definition) is 2. The van der Waals surface area contributed by atoms with E-state index in [1.807, 2.05) is 31.2 Å². The topological polar surface area (TPSA) is 52.6 Å². The molecule has 0 bridgehead atoms. The zero-order valence-electron chi connectivity index (χ0n) is 15.9. The zero-order valence-corrected chi connectivity index (χ0v) is 15.9. The van der Waals surface area contributed by atoms with Crippen molar-refractivity contribution in [2.75, 3.05) is 19.6 Å². The first-order chi connectivity index (χ1) is 12.9. The molecule has 1 fully saturated rings. The highest BCUT2D eigenvalue weighted by atomic mass is 19.1. The monoisotopic (exact) mass is 370 g/mol. The van der Waals surface area contributed by atoms with Crippen molar-refractivity contribution in [1.29, 1.82) is 0 Å². The van der Waals surface area contributed by atoms with E-state index >= 15 is 0 Å². The van der Waals surface area contributed by atoms with Gasteiger partial charge in [0.15, 0.2) is 0 Å². The summed E-state index contributed by atoms with van der Waals surface area (Å²) in [5.41, 5.74) is 1.91. The third-order valence-electron chi connectivity index (χ3n) is 5.41. The molecule has 0 aliphatic carbocycles. The van der Waals surface area contributed by atoms with E-state index in [-0.39, 0.29) is 11.7 Å². The first kappa shape index (κ1) is 19.5. The second-order valence-corrected chi connectivity index (χ2v) is 7.47. The Morgan fingerprint density at radius 1 is 1.19 bits per heavy atom. The largest absolute Gasteiger partial charge is 0.387 e. The first-order valence-corrected chi connectivity index (χ1v) is 9.40. The number of aliphatic hydroxyl groups is 1. The van der Waals surface area contributed by atoms with Crippen molar-refractivity contribution < 1.29 is 14.3 Å². The number of nitrogens with zero attached hydrogens (tertiary/aromatic N) is 1. The summed E-state index contributed by atoms with van der Waals surface area (Å²) in [5.74, 6) is -0.453. The summed E-state index contributed by atoms with van der Waals surface area (Å²) in [4.78, 5) is 14.0. The van der Waals surface area contributed by atoms with Crippen LogP contribution in [-0.2, 0) is 10.3 Å². The van der Waals surface area contributed by atoms with Gasteiger partial charge in [-0.15, -0.1) is 0 Å². The normalized spacial score (nSPS) is 18.1. The van der Waals surface area contributed by atoms with E-state index in [2.05, 4.69) is 10.2 Å². The third kappa shape index (κ3) is 4.54. The van der Waals surface area contributed by atoms with Gasteiger partial charge in [-0.25, -0.2) is 4.39 Å². The number of carbonyl (C=O) groups is 1. The number of aryl methyl sites for hydroxylation is 1. The molecule has 0 aromatic heterocycles. The van der Waals surface area contributed by atoms with Crippen LogP contribution in [0.3, 0.4) is 0 Å². The highest BCUT2D eigenvalue weighted by Crippen LogP contribution is 2.35. The smallest absolute Gasteiger partial charge is 0.217 e. The summed E-state index contributed by atoms with van der Waals surface area (Å²) < 4.78 is 14.4. The molecule has 1 aliphatic rings. The van der Waals surface area contributed by atoms with Crippen molar-refractivity contribution in [2.24, 2.45) is 0 Å². The molecule has 0 saturated carbocycles. The van der Waals surface area contributed by atoms with Crippen molar-refractivity contribution in [3.05, 3.63) is 71.0 Å². The second-order valence-electron chi connectivity index (χ2n) is 7.47. The number of piperidine rings is 1. The van der Waals surface area contributed by atoms with E-state index in [1.54, 1.807) is 18.2 Å². The number of carbonyl (C=O) groups excluding carboxylic acids is 1. The van der Waals surface area contributed by atoms with E-state index in [4.69, 9.17) is 0 Å². The maximum Gasteiger partial charge on any atom is 0.217 e. The third-order valence-corrected chi connectivity index (χ3v) is 5.41. The lowest BCUT2D eigenvalue weighted by atomic mass is 9.80. The fourth-order valence-corrected chi connectivity index (χ4v) is 3.90. The van der Waals surface area contributed by atoms with Crippen LogP contribution in [0.2, 0.25) is 0 Å². The summed E-state index contributed by atoms with van der Waals surface area (Å²) in [6.45, 7) is 5.37. The Bertz CT molecular complexity index is 783. The molecular formula is C22H27FN2O2. The van der Waals surface area contributed by atoms with Gasteiger partial charge in [-0.05, 0) is 31.4 Å². The van der Waals surface area contributed by atoms with Gasteiger partial charge in [0.1, 0.15) is 5.82 Å². The molecule has 1 atom stereocenters. The Kier molecular flexibility index (Phi) is 5.92. The van der Waals surface area contributed by atoms with Gasteiger partial charge in [-0.1, -0.05) is 48.0 Å². The summed E-state index contributed by atoms with van der Waals surface area (Å²) in [6.07, 6.45) is 0.648. The van der Waals surface area contributed by atoms with Crippen LogP contribution in [-0.4, -0.2) is 35.5 Å². The first-order valence-electron chi connectivity index (χ1n) is 9.40. The Balaban J connectivity index is 1.70. The van der Waals surface area contributed by atoms with Crippen LogP contribution in [0.25, 0.3) is 0 Å². The van der Waals surface area contributed by atoms with Gasteiger partial charge in [-0.2, -0.15) is 0 Å². The average Bonchev–Trinajstić information content (AvgIpc) is 2.64. The van der Waals surface area contributed by atoms with Crippen LogP contribution in [0.5, 0.6) is 0 Å². The minimum Gasteiger partial charge on any atom is -0.387 e. The Labute approximate surface area is 160 Å². The van der Waals surface area contributed by atoms with Crippen molar-refractivity contribution >= 4 is 5.91 Å². The molecule has 4 nitrogen and oxygen atoms in total. The van der Waals surface area contributed by atoms with Crippen LogP contribution < -0.4 is 5.32 Å². The van der Waals surface area contributed by atoms with Crippen LogP contribution in [0, 0.1) is 12.7 Å². The Morgan fingerprint density at radius 2 is 1.81 bits per heavy atom. The van der Waals surface area contributed by atoms with Gasteiger partial charge in [0.2, 0.25) is 5.91 Å². The molecular weight excluding hydrogens is 343 g/mol. The van der Waals surface area contributed by atoms with E-state index in [0.29, 0.717) is 38.0 Å². The molecule has 0 unspecified atom stereocenters. The van der Waals surface area contributed by atoms with Gasteiger partial charge in [0.05, 0.1) is 11.6 Å². The Hall–Kier alpha value is -2.24. The number of amides is 1. The molecule has 5 heteroatoms. The van der Waals surface area contributed by atoms with Crippen LogP contribution in [0.4, 0.5) is 4.39 Å². The molecule has 1 saturated heterocycles. The minimum atomic E-state index is -0.692. The van der Waals surface area contributed by atoms with Gasteiger partial charge < -0.3 is 15.3 Å². The van der Waals surface area contributed by atoms with Crippen LogP contribution in [0.1, 0.15) is 42.6 Å². The fourth-order valence-electron chi connectivity index (χ4n) is 3.90. The highest BCUT2D eigenvalue weighted by Gasteiger charge is 2.39. The molecule has 1 heterocycles. The maximum atomic E-state index is 14.4. The average molecular weight is 370 g/mol. The standard InChI is InChI=1S/C22H27FN2O2/c1-16-7-9-18(10-8-16)21(27)15-25-13-11-22(12-14-25,24-17(2)26)19-5-3-4-6-20(19)23/h3-10,21,27H,11-15H2,1-2H3,(H,24,26)/t21-/m1/s1. The lowest BCUT2D eigenvalue weighted by Crippen LogP contribution is -2.53. The molecule has 2 N–H and O–H groups in total. The number of aliphatic hydroxyl groups excluding tert-OH is 1. The van der Waals surface area contributed by atoms with Crippen molar-refractivity contribution in [1.82, 2.24) is 10.2 Å². The number of likely N-dealkylation sites (tertiary alicyclic amines) is 1. The number of benzene rings is 2. The van der Waals surface area contributed by atoms with E-state index in [1.165, 1.54) is 13.0 Å². The Morgan fingerprint density at radius 3 is 2.41 bits per heavy atom. The lowest BCUT2D eigenvalue weighted by Gasteiger charge is -2.43. The summed E-state index contributed by atoms with van der Waals surface area (Å²) in [7, 11) is 0. The molecule has 0 radical (unpaired) electrons. The molecule has 27 heavy (non-hydrogen) atoms. The van der Waals surface area contributed by atoms with Gasteiger partial charge >= 0.3 is 0 Å². The van der Waals surface area contributed by atoms with Crippen LogP contribution in [0.15, 0.2) is 48.5 Å². The molecule has 2 aromatic carbocycles. The number of hydrogen-bond acceptors (Lipinski definition) is 3. The van der Waals surface area contributed by atoms with Crippen molar-refractivity contribution in [2.45, 2.75) is 38.3 Å². The predicted octanol–water partition coefficient (Wildman–Crippen LogP) is 3.29. The van der Waals surface area contributed by atoms with Gasteiger partial charge in [-0.3, -0.25) is 4.79 Å². The molecule has 1 aliphatic heterocycles. The van der Waals surface area contributed by atoms with E-state index in [9.17, 15) is 14.3 Å². The van der Waals surface area contributed by atoms with Crippen molar-refractivity contribution in [3.8, 4) is 0 Å². The van der Waals surface area contributed by atoms with Crippen LogP contribution >= 0.6 is 0 Å². The minimum absolute atomic E-state index is 0.161.